The Kier molecular flexibility index (Phi) is 2.77. The Hall–Kier alpha value is -2.60. The number of carbonyl (C=O) groups excluding carboxylic acids is 1. The molecule has 0 atom stereocenters. The molecule has 2 aromatic rings. The molecular formula is C16H12N2O. The van der Waals surface area contributed by atoms with Gasteiger partial charge in [-0.2, -0.15) is 5.26 Å². The van der Waals surface area contributed by atoms with Gasteiger partial charge in [-0.1, -0.05) is 42.5 Å². The van der Waals surface area contributed by atoms with Gasteiger partial charge in [-0.15, -0.1) is 0 Å². The smallest absolute Gasteiger partial charge is 0.179 e. The number of rotatable bonds is 2. The fourth-order valence-corrected chi connectivity index (χ4v) is 2.59. The molecule has 0 fully saturated rings. The van der Waals surface area contributed by atoms with E-state index in [4.69, 9.17) is 5.26 Å². The van der Waals surface area contributed by atoms with Crippen LogP contribution in [0.4, 0.5) is 0 Å². The summed E-state index contributed by atoms with van der Waals surface area (Å²) >= 11 is 0. The van der Waals surface area contributed by atoms with Crippen LogP contribution in [0.1, 0.15) is 21.5 Å². The molecule has 0 amide bonds. The van der Waals surface area contributed by atoms with Gasteiger partial charge in [0.05, 0.1) is 13.1 Å². The third kappa shape index (κ3) is 1.88. The Morgan fingerprint density at radius 1 is 1.05 bits per heavy atom. The minimum Gasteiger partial charge on any atom is -0.302 e. The molecule has 1 aliphatic rings. The van der Waals surface area contributed by atoms with Crippen molar-refractivity contribution in [1.29, 1.82) is 5.26 Å². The van der Waals surface area contributed by atoms with E-state index < -0.39 is 0 Å². The number of nitriles is 1. The Bertz CT molecular complexity index is 685. The van der Waals surface area contributed by atoms with Gasteiger partial charge < -0.3 is 4.90 Å². The highest BCUT2D eigenvalue weighted by Gasteiger charge is 2.21. The largest absolute Gasteiger partial charge is 0.302 e. The number of hydrogen-bond acceptors (Lipinski definition) is 3. The van der Waals surface area contributed by atoms with Gasteiger partial charge in [0.15, 0.2) is 12.5 Å². The van der Waals surface area contributed by atoms with Crippen LogP contribution in [0.3, 0.4) is 0 Å². The molecule has 0 unspecified atom stereocenters. The zero-order valence-corrected chi connectivity index (χ0v) is 10.3. The van der Waals surface area contributed by atoms with Crippen molar-refractivity contribution in [3.05, 3.63) is 59.2 Å². The molecule has 0 saturated heterocycles. The van der Waals surface area contributed by atoms with Crippen LogP contribution in [-0.2, 0) is 13.1 Å². The number of fused-ring (bicyclic) bond motifs is 1. The number of hydrogen-bond donors (Lipinski definition) is 0. The highest BCUT2D eigenvalue weighted by Crippen LogP contribution is 2.33. The summed E-state index contributed by atoms with van der Waals surface area (Å²) in [4.78, 5) is 12.9. The van der Waals surface area contributed by atoms with Gasteiger partial charge >= 0.3 is 0 Å². The lowest BCUT2D eigenvalue weighted by Crippen LogP contribution is -2.07. The first-order valence-electron chi connectivity index (χ1n) is 6.13. The molecule has 0 aliphatic carbocycles. The van der Waals surface area contributed by atoms with E-state index in [1.165, 1.54) is 5.56 Å². The van der Waals surface area contributed by atoms with Gasteiger partial charge in [0.1, 0.15) is 0 Å². The number of aldehydes is 1. The minimum absolute atomic E-state index is 0.620. The molecule has 0 radical (unpaired) electrons. The maximum Gasteiger partial charge on any atom is 0.179 e. The minimum atomic E-state index is 0.620. The van der Waals surface area contributed by atoms with Crippen LogP contribution in [0.2, 0.25) is 0 Å². The summed E-state index contributed by atoms with van der Waals surface area (Å²) in [7, 11) is 0. The van der Waals surface area contributed by atoms with Crippen LogP contribution in [-0.4, -0.2) is 11.2 Å². The van der Waals surface area contributed by atoms with Gasteiger partial charge in [-0.05, 0) is 22.3 Å². The average Bonchev–Trinajstić information content (AvgIpc) is 2.90. The van der Waals surface area contributed by atoms with Gasteiger partial charge in [0.25, 0.3) is 0 Å². The molecule has 3 nitrogen and oxygen atoms in total. The fraction of sp³-hybridized carbons (Fsp3) is 0.125. The average molecular weight is 248 g/mol. The molecular weight excluding hydrogens is 236 g/mol. The second-order valence-corrected chi connectivity index (χ2v) is 4.60. The van der Waals surface area contributed by atoms with E-state index >= 15 is 0 Å². The van der Waals surface area contributed by atoms with E-state index in [0.717, 1.165) is 23.0 Å². The molecule has 0 aromatic heterocycles. The topological polar surface area (TPSA) is 44.1 Å². The second-order valence-electron chi connectivity index (χ2n) is 4.60. The lowest BCUT2D eigenvalue weighted by Gasteiger charge is -2.10. The van der Waals surface area contributed by atoms with Crippen molar-refractivity contribution in [1.82, 2.24) is 4.90 Å². The summed E-state index contributed by atoms with van der Waals surface area (Å²) in [6, 6.07) is 13.6. The molecule has 0 N–H and O–H groups in total. The number of benzene rings is 2. The quantitative estimate of drug-likeness (QED) is 0.606. The molecule has 0 saturated carbocycles. The van der Waals surface area contributed by atoms with Crippen molar-refractivity contribution in [2.75, 3.05) is 0 Å². The van der Waals surface area contributed by atoms with E-state index in [9.17, 15) is 4.79 Å². The van der Waals surface area contributed by atoms with E-state index in [2.05, 4.69) is 6.19 Å². The standard InChI is InChI=1S/C16H12N2O/c17-11-18-8-12-5-3-7-15(16(12)9-18)14-6-2-1-4-13(14)10-19/h1-7,10H,8-9H2. The Balaban J connectivity index is 2.16. The van der Waals surface area contributed by atoms with Gasteiger partial charge in [0.2, 0.25) is 0 Å². The lowest BCUT2D eigenvalue weighted by atomic mass is 9.94. The normalized spacial score (nSPS) is 12.9. The first-order chi connectivity index (χ1) is 9.33. The van der Waals surface area contributed by atoms with Crippen molar-refractivity contribution in [3.63, 3.8) is 0 Å². The zero-order valence-electron chi connectivity index (χ0n) is 10.3. The molecule has 1 aliphatic heterocycles. The van der Waals surface area contributed by atoms with Crippen molar-refractivity contribution >= 4 is 6.29 Å². The van der Waals surface area contributed by atoms with Gasteiger partial charge in [-0.25, -0.2) is 0 Å². The van der Waals surface area contributed by atoms with Crippen molar-refractivity contribution in [3.8, 4) is 17.3 Å². The first kappa shape index (κ1) is 11.5. The molecule has 3 heteroatoms. The van der Waals surface area contributed by atoms with Crippen LogP contribution in [0.5, 0.6) is 0 Å². The fourth-order valence-electron chi connectivity index (χ4n) is 2.59. The molecule has 0 spiro atoms. The predicted molar refractivity (Wildman–Crippen MR) is 72.1 cm³/mol. The molecule has 3 rings (SSSR count). The monoisotopic (exact) mass is 248 g/mol. The van der Waals surface area contributed by atoms with E-state index in [0.29, 0.717) is 18.7 Å². The van der Waals surface area contributed by atoms with Crippen LogP contribution in [0.15, 0.2) is 42.5 Å². The zero-order chi connectivity index (χ0) is 13.2. The van der Waals surface area contributed by atoms with Crippen LogP contribution < -0.4 is 0 Å². The molecule has 2 aromatic carbocycles. The highest BCUT2D eigenvalue weighted by atomic mass is 16.1. The first-order valence-corrected chi connectivity index (χ1v) is 6.13. The maximum atomic E-state index is 11.2. The summed E-state index contributed by atoms with van der Waals surface area (Å²) in [6.45, 7) is 1.28. The lowest BCUT2D eigenvalue weighted by molar-refractivity contribution is 0.112. The summed E-state index contributed by atoms with van der Waals surface area (Å²) in [5, 5.41) is 9.02. The van der Waals surface area contributed by atoms with Crippen LogP contribution in [0, 0.1) is 11.5 Å². The molecule has 1 heterocycles. The molecule has 92 valence electrons. The Morgan fingerprint density at radius 2 is 1.84 bits per heavy atom. The Morgan fingerprint density at radius 3 is 2.63 bits per heavy atom. The van der Waals surface area contributed by atoms with E-state index in [1.807, 2.05) is 42.5 Å². The number of nitrogens with zero attached hydrogens (tertiary/aromatic N) is 2. The molecule has 0 bridgehead atoms. The summed E-state index contributed by atoms with van der Waals surface area (Å²) in [5.41, 5.74) is 5.00. The maximum absolute atomic E-state index is 11.2. The second kappa shape index (κ2) is 4.58. The van der Waals surface area contributed by atoms with Crippen molar-refractivity contribution in [2.24, 2.45) is 0 Å². The number of carbonyl (C=O) groups is 1. The SMILES string of the molecule is N#CN1Cc2cccc(-c3ccccc3C=O)c2C1. The highest BCUT2D eigenvalue weighted by molar-refractivity contribution is 5.88. The molecule has 19 heavy (non-hydrogen) atoms. The van der Waals surface area contributed by atoms with E-state index in [1.54, 1.807) is 4.90 Å². The van der Waals surface area contributed by atoms with Gasteiger partial charge in [-0.3, -0.25) is 4.79 Å². The summed E-state index contributed by atoms with van der Waals surface area (Å²) in [6.07, 6.45) is 3.06. The Labute approximate surface area is 111 Å². The third-order valence-electron chi connectivity index (χ3n) is 3.50. The van der Waals surface area contributed by atoms with Crippen molar-refractivity contribution in [2.45, 2.75) is 13.1 Å². The third-order valence-corrected chi connectivity index (χ3v) is 3.50. The van der Waals surface area contributed by atoms with Crippen molar-refractivity contribution < 1.29 is 4.79 Å². The summed E-state index contributed by atoms with van der Waals surface area (Å²) < 4.78 is 0. The summed E-state index contributed by atoms with van der Waals surface area (Å²) in [5.74, 6) is 0. The van der Waals surface area contributed by atoms with Crippen LogP contribution in [0.25, 0.3) is 11.1 Å². The predicted octanol–water partition coefficient (Wildman–Crippen LogP) is 2.96. The van der Waals surface area contributed by atoms with Gasteiger partial charge in [0, 0.05) is 5.56 Å². The van der Waals surface area contributed by atoms with E-state index in [-0.39, 0.29) is 0 Å². The van der Waals surface area contributed by atoms with Crippen LogP contribution >= 0.6 is 0 Å².